The van der Waals surface area contributed by atoms with E-state index in [1.54, 1.807) is 6.92 Å². The highest BCUT2D eigenvalue weighted by Crippen LogP contribution is 2.65. The van der Waals surface area contributed by atoms with Crippen molar-refractivity contribution >= 4 is 35.6 Å². The Bertz CT molecular complexity index is 1310. The number of ether oxygens (including phenoxy) is 1. The summed E-state index contributed by atoms with van der Waals surface area (Å²) in [6.07, 6.45) is -2.34. The monoisotopic (exact) mass is 728 g/mol. The molecule has 4 unspecified atom stereocenters. The predicted molar refractivity (Wildman–Crippen MR) is 182 cm³/mol. The van der Waals surface area contributed by atoms with Crippen LogP contribution >= 0.6 is 0 Å². The molecule has 3 aliphatic rings. The second-order valence-electron chi connectivity index (χ2n) is 15.5. The maximum atomic E-state index is 14.5. The van der Waals surface area contributed by atoms with Gasteiger partial charge in [-0.2, -0.15) is 13.2 Å². The number of likely N-dealkylation sites (tertiary alicyclic amines) is 1. The smallest absolute Gasteiger partial charge is 0.407 e. The number of carbonyl (C=O) groups excluding carboxylic acids is 6. The largest absolute Gasteiger partial charge is 0.447 e. The molecule has 0 aromatic rings. The summed E-state index contributed by atoms with van der Waals surface area (Å²) in [4.78, 5) is 80.8. The Kier molecular flexibility index (Phi) is 13.9. The van der Waals surface area contributed by atoms with Crippen LogP contribution in [0.2, 0.25) is 0 Å². The van der Waals surface area contributed by atoms with Crippen LogP contribution in [0.4, 0.5) is 22.8 Å². The Balaban J connectivity index is 1.86. The molecule has 0 radical (unpaired) electrons. The minimum Gasteiger partial charge on any atom is -0.447 e. The van der Waals surface area contributed by atoms with Crippen molar-refractivity contribution in [2.75, 3.05) is 26.2 Å². The van der Waals surface area contributed by atoms with Crippen molar-refractivity contribution in [3.8, 4) is 0 Å². The third-order valence-corrected chi connectivity index (χ3v) is 10.5. The number of alkyl carbamates (subject to hydrolysis) is 1. The van der Waals surface area contributed by atoms with Gasteiger partial charge in [0.2, 0.25) is 17.6 Å². The molecule has 0 aromatic carbocycles. The van der Waals surface area contributed by atoms with Gasteiger partial charge in [-0.05, 0) is 54.8 Å². The zero-order valence-electron chi connectivity index (χ0n) is 30.5. The zero-order chi connectivity index (χ0) is 38.3. The number of carbonyl (C=O) groups is 6. The van der Waals surface area contributed by atoms with E-state index in [1.165, 1.54) is 11.0 Å². The molecule has 0 bridgehead atoms. The molecule has 13 nitrogen and oxygen atoms in total. The highest BCUT2D eigenvalue weighted by Gasteiger charge is 2.69. The normalized spacial score (nSPS) is 23.1. The summed E-state index contributed by atoms with van der Waals surface area (Å²) < 4.78 is 45.0. The summed E-state index contributed by atoms with van der Waals surface area (Å²) in [6.45, 7) is 14.9. The summed E-state index contributed by atoms with van der Waals surface area (Å²) >= 11 is 0. The van der Waals surface area contributed by atoms with Gasteiger partial charge in [0.05, 0.1) is 12.1 Å². The Morgan fingerprint density at radius 3 is 2.20 bits per heavy atom. The van der Waals surface area contributed by atoms with Gasteiger partial charge in [-0.15, -0.1) is 6.58 Å². The van der Waals surface area contributed by atoms with Crippen molar-refractivity contribution in [3.05, 3.63) is 12.7 Å². The van der Waals surface area contributed by atoms with E-state index >= 15 is 0 Å². The predicted octanol–water partition coefficient (Wildman–Crippen LogP) is 3.58. The van der Waals surface area contributed by atoms with Crippen molar-refractivity contribution in [2.45, 2.75) is 117 Å². The molecule has 0 aromatic heterocycles. The highest BCUT2D eigenvalue weighted by atomic mass is 19.4. The highest BCUT2D eigenvalue weighted by molar-refractivity contribution is 6.38. The summed E-state index contributed by atoms with van der Waals surface area (Å²) in [7, 11) is 0. The molecule has 51 heavy (non-hydrogen) atoms. The summed E-state index contributed by atoms with van der Waals surface area (Å²) in [5, 5.41) is 12.9. The topological polar surface area (TPSA) is 175 Å². The van der Waals surface area contributed by atoms with E-state index in [2.05, 4.69) is 33.2 Å². The molecule has 3 fully saturated rings. The van der Waals surface area contributed by atoms with Gasteiger partial charge in [-0.3, -0.25) is 19.2 Å². The lowest BCUT2D eigenvalue weighted by Gasteiger charge is -2.38. The first-order valence-electron chi connectivity index (χ1n) is 17.8. The Labute approximate surface area is 298 Å². The summed E-state index contributed by atoms with van der Waals surface area (Å²) in [6, 6.07) is -5.24. The first kappa shape index (κ1) is 41.6. The number of Topliss-reactive ketones (excluding diaryl/α,β-unsaturated/α-hetero) is 1. The SMILES string of the molecule is C=CCNC(=O)C(=O)C(CCC(F)(F)F)NC(=O)C1C2[C@H](CN1C(=O)C(NC(=O)N[C@H](COC(=O)NCC)C(C)(C)C)C1CCCCC1)C2(C)C. The van der Waals surface area contributed by atoms with Gasteiger partial charge >= 0.3 is 18.3 Å². The van der Waals surface area contributed by atoms with Crippen molar-refractivity contribution in [1.29, 1.82) is 0 Å². The minimum absolute atomic E-state index is 0.102. The van der Waals surface area contributed by atoms with Crippen LogP contribution in [-0.4, -0.2) is 97.1 Å². The molecule has 6 atom stereocenters. The second-order valence-corrected chi connectivity index (χ2v) is 15.5. The lowest BCUT2D eigenvalue weighted by Crippen LogP contribution is -2.61. The van der Waals surface area contributed by atoms with Crippen LogP contribution < -0.4 is 26.6 Å². The van der Waals surface area contributed by atoms with Gasteiger partial charge in [0.1, 0.15) is 18.7 Å². The van der Waals surface area contributed by atoms with E-state index < -0.39 is 84.2 Å². The van der Waals surface area contributed by atoms with Gasteiger partial charge in [-0.25, -0.2) is 9.59 Å². The number of amides is 6. The zero-order valence-corrected chi connectivity index (χ0v) is 30.5. The fourth-order valence-electron chi connectivity index (χ4n) is 7.29. The van der Waals surface area contributed by atoms with E-state index in [0.717, 1.165) is 19.3 Å². The first-order chi connectivity index (χ1) is 23.7. The van der Waals surface area contributed by atoms with Crippen LogP contribution in [0.25, 0.3) is 0 Å². The summed E-state index contributed by atoms with van der Waals surface area (Å²) in [5.41, 5.74) is -0.914. The number of rotatable bonds is 15. The third kappa shape index (κ3) is 11.1. The number of nitrogens with one attached hydrogen (secondary N) is 5. The molecule has 1 aliphatic heterocycles. The average molecular weight is 729 g/mol. The molecule has 2 saturated carbocycles. The Morgan fingerprint density at radius 1 is 0.980 bits per heavy atom. The Morgan fingerprint density at radius 2 is 1.63 bits per heavy atom. The van der Waals surface area contributed by atoms with Crippen molar-refractivity contribution in [2.24, 2.45) is 28.6 Å². The first-order valence-corrected chi connectivity index (χ1v) is 17.8. The molecule has 16 heteroatoms. The van der Waals surface area contributed by atoms with Gasteiger partial charge < -0.3 is 36.2 Å². The van der Waals surface area contributed by atoms with Crippen LogP contribution in [0.5, 0.6) is 0 Å². The number of ketones is 1. The molecular weight excluding hydrogens is 673 g/mol. The number of fused-ring (bicyclic) bond motifs is 1. The molecule has 5 N–H and O–H groups in total. The van der Waals surface area contributed by atoms with Crippen molar-refractivity contribution in [3.63, 3.8) is 0 Å². The lowest BCUT2D eigenvalue weighted by atomic mass is 9.83. The second kappa shape index (κ2) is 17.1. The summed E-state index contributed by atoms with van der Waals surface area (Å²) in [5.74, 6) is -4.45. The van der Waals surface area contributed by atoms with E-state index in [-0.39, 0.29) is 42.9 Å². The molecule has 0 spiro atoms. The molecule has 1 saturated heterocycles. The van der Waals surface area contributed by atoms with Gasteiger partial charge in [0.15, 0.2) is 0 Å². The van der Waals surface area contributed by atoms with E-state index in [0.29, 0.717) is 19.4 Å². The number of hydrogen-bond acceptors (Lipinski definition) is 7. The number of nitrogens with zero attached hydrogens (tertiary/aromatic N) is 1. The number of hydrogen-bond donors (Lipinski definition) is 5. The maximum absolute atomic E-state index is 14.5. The number of halogens is 3. The number of piperidine rings is 1. The van der Waals surface area contributed by atoms with E-state index in [4.69, 9.17) is 4.74 Å². The van der Waals surface area contributed by atoms with Crippen LogP contribution in [0.3, 0.4) is 0 Å². The van der Waals surface area contributed by atoms with Crippen LogP contribution in [0.15, 0.2) is 12.7 Å². The van der Waals surface area contributed by atoms with Gasteiger partial charge in [-0.1, -0.05) is 60.0 Å². The maximum Gasteiger partial charge on any atom is 0.407 e. The molecular formula is C35H55F3N6O7. The lowest BCUT2D eigenvalue weighted by molar-refractivity contribution is -0.147. The molecule has 288 valence electrons. The fraction of sp³-hybridized carbons (Fsp3) is 0.771. The van der Waals surface area contributed by atoms with Gasteiger partial charge in [0.25, 0.3) is 5.91 Å². The standard InChI is InChI=1S/C35H55F3N6O7/c1-8-17-40-29(47)27(45)22(15-16-35(36,37)38)41-28(46)26-24-21(34(24,6)7)18-44(26)30(48)25(20-13-11-10-12-14-20)43-31(49)42-23(33(3,4)5)19-51-32(50)39-9-2/h8,20-26H,1,9-19H2,2-7H3,(H,39,50)(H,40,47)(H,41,46)(H2,42,43,49)/t21-,22?,23+,24?,25?,26?/m0/s1. The molecule has 2 aliphatic carbocycles. The van der Waals surface area contributed by atoms with Crippen LogP contribution in [-0.2, 0) is 23.9 Å². The van der Waals surface area contributed by atoms with E-state index in [1.807, 2.05) is 34.6 Å². The van der Waals surface area contributed by atoms with Crippen LogP contribution in [0, 0.1) is 28.6 Å². The van der Waals surface area contributed by atoms with Gasteiger partial charge in [0, 0.05) is 26.1 Å². The molecule has 1 heterocycles. The fourth-order valence-corrected chi connectivity index (χ4v) is 7.29. The van der Waals surface area contributed by atoms with Crippen LogP contribution in [0.1, 0.15) is 86.5 Å². The Hall–Kier alpha value is -3.85. The third-order valence-electron chi connectivity index (χ3n) is 10.5. The van der Waals surface area contributed by atoms with Crippen molar-refractivity contribution < 1.29 is 46.7 Å². The number of alkyl halides is 3. The van der Waals surface area contributed by atoms with E-state index in [9.17, 15) is 41.9 Å². The average Bonchev–Trinajstić information content (AvgIpc) is 3.36. The number of urea groups is 1. The molecule has 6 amide bonds. The quantitative estimate of drug-likeness (QED) is 0.127. The molecule has 3 rings (SSSR count). The minimum atomic E-state index is -4.65. The van der Waals surface area contributed by atoms with Crippen molar-refractivity contribution in [1.82, 2.24) is 31.5 Å².